The molecule has 5 rings (SSSR count). The number of carbonyl (C=O) groups is 6. The maximum atomic E-state index is 12.9. The van der Waals surface area contributed by atoms with Gasteiger partial charge >= 0.3 is 25.8 Å². The molecule has 1 fully saturated rings. The maximum absolute atomic E-state index is 12.9. The molecule has 0 spiro atoms. The molecule has 2 amide bonds. The van der Waals surface area contributed by atoms with Crippen LogP contribution < -0.4 is 53.6 Å². The summed E-state index contributed by atoms with van der Waals surface area (Å²) in [7, 11) is 0. The number of nitrogen functional groups attached to an aromatic ring is 1. The number of H-pyrrole nitrogens is 1. The van der Waals surface area contributed by atoms with Gasteiger partial charge in [0.25, 0.3) is 11.5 Å². The largest absolute Gasteiger partial charge is 3.00 e. The Morgan fingerprint density at radius 2 is 1.58 bits per heavy atom. The minimum atomic E-state index is -1.38. The molecule has 1 saturated heterocycles. The molecule has 4 aromatic rings. The number of carboxylic acid groups (broad SMARTS) is 3. The number of rotatable bonds is 24. The van der Waals surface area contributed by atoms with Gasteiger partial charge in [0.05, 0.1) is 42.6 Å². The summed E-state index contributed by atoms with van der Waals surface area (Å²) >= 11 is 0. The molecule has 0 saturated carbocycles. The van der Waals surface area contributed by atoms with Crippen LogP contribution in [-0.2, 0) is 36.9 Å². The number of aromatic amines is 1. The first kappa shape index (κ1) is 54.7. The molecule has 2 aromatic heterocycles. The fraction of sp³-hybridized carbons (Fsp3) is 0.463. The van der Waals surface area contributed by atoms with Gasteiger partial charge in [-0.25, -0.2) is 14.8 Å². The molecular weight excluding hydrogens is 938 g/mol. The number of benzene rings is 1. The normalized spacial score (nSPS) is 14.5. The number of hydrogen-bond donors (Lipinski definition) is 7. The maximum Gasteiger partial charge on any atom is 3.00 e. The van der Waals surface area contributed by atoms with E-state index in [9.17, 15) is 58.5 Å². The fourth-order valence-corrected chi connectivity index (χ4v) is 7.26. The van der Waals surface area contributed by atoms with Crippen LogP contribution in [0.3, 0.4) is 0 Å². The van der Waals surface area contributed by atoms with Gasteiger partial charge in [-0.1, -0.05) is 0 Å². The molecule has 356 valence electrons. The average Bonchev–Trinajstić information content (AvgIpc) is 3.36. The molecule has 0 aliphatic carbocycles. The molecule has 26 heteroatoms. The SMILES string of the molecule is Nc1nc2ncc(CNc3ccc(C(=O)N[C@@H](CCC(=O)NCCCc4c(NCCCC(C(=O)[O-])N5CCN(CC=O)CCN(CC(=O)[O-])CC5)c(=O)c4=O)C(=O)O)cc3)nc2c(=O)[nH]1.[Ga+3].[OH-]. The van der Waals surface area contributed by atoms with E-state index in [2.05, 4.69) is 41.2 Å². The third-order valence-corrected chi connectivity index (χ3v) is 10.8. The van der Waals surface area contributed by atoms with E-state index in [1.165, 1.54) is 18.3 Å². The summed E-state index contributed by atoms with van der Waals surface area (Å²) in [4.78, 5) is 129. The molecule has 9 N–H and O–H groups in total. The van der Waals surface area contributed by atoms with E-state index in [1.807, 2.05) is 0 Å². The van der Waals surface area contributed by atoms with Crippen molar-refractivity contribution in [3.63, 3.8) is 0 Å². The second kappa shape index (κ2) is 26.5. The third kappa shape index (κ3) is 16.1. The smallest absolute Gasteiger partial charge is 0.870 e. The Morgan fingerprint density at radius 3 is 2.25 bits per heavy atom. The van der Waals surface area contributed by atoms with E-state index in [0.717, 1.165) is 6.29 Å². The summed E-state index contributed by atoms with van der Waals surface area (Å²) in [6.45, 7) is 2.12. The number of nitrogens with two attached hydrogens (primary N) is 1. The fourth-order valence-electron chi connectivity index (χ4n) is 7.26. The van der Waals surface area contributed by atoms with Crippen LogP contribution in [0.1, 0.15) is 53.7 Å². The van der Waals surface area contributed by atoms with Gasteiger partial charge in [-0.05, 0) is 56.4 Å². The van der Waals surface area contributed by atoms with E-state index in [1.54, 1.807) is 26.8 Å². The van der Waals surface area contributed by atoms with E-state index in [4.69, 9.17) is 5.73 Å². The van der Waals surface area contributed by atoms with E-state index in [-0.39, 0.29) is 144 Å². The molecular formula is C41H51GaN12O13. The second-order valence-electron chi connectivity index (χ2n) is 15.3. The quantitative estimate of drug-likeness (QED) is 0.0149. The van der Waals surface area contributed by atoms with Crippen LogP contribution in [0.25, 0.3) is 11.2 Å². The number of carbonyl (C=O) groups excluding carboxylic acids is 5. The standard InChI is InChI=1S/C41H52N12O12.Ga.H2O/c42-41-49-36-33(38(61)50-41)47-26(22-46-36)21-45-25-7-5-24(6-8-25)37(60)48-28(39(62)63)9-10-30(55)43-11-1-3-27-32(35(59)34(27)58)44-12-2-4-29(40(64)65)53-17-15-51(19-20-54)13-14-52(16-18-53)23-31(56)57;;/h5-8,20,22,28-29,44-45H,1-4,9-19,21,23H2,(H,43,55)(H,48,60)(H,56,57)(H,62,63)(H,64,65)(H3,42,46,49,50,61);;1H2/q;+3;/p-3/t28-,29?;;/m0../s1. The number of hydrogen-bond acceptors (Lipinski definition) is 21. The van der Waals surface area contributed by atoms with Crippen molar-refractivity contribution in [1.82, 2.24) is 45.3 Å². The van der Waals surface area contributed by atoms with Gasteiger partial charge in [0.1, 0.15) is 12.3 Å². The van der Waals surface area contributed by atoms with Crippen LogP contribution in [0.15, 0.2) is 44.8 Å². The first-order valence-corrected chi connectivity index (χ1v) is 20.9. The van der Waals surface area contributed by atoms with Crippen molar-refractivity contribution in [2.45, 2.75) is 57.2 Å². The molecule has 3 heterocycles. The van der Waals surface area contributed by atoms with Crippen molar-refractivity contribution >= 4 is 84.3 Å². The van der Waals surface area contributed by atoms with E-state index < -0.39 is 58.2 Å². The molecule has 1 aliphatic heterocycles. The van der Waals surface area contributed by atoms with Crippen molar-refractivity contribution in [3.05, 3.63) is 78.1 Å². The number of aliphatic carboxylic acids is 3. The van der Waals surface area contributed by atoms with Gasteiger partial charge in [0.15, 0.2) is 11.2 Å². The van der Waals surface area contributed by atoms with Crippen LogP contribution in [0.2, 0.25) is 0 Å². The van der Waals surface area contributed by atoms with Crippen LogP contribution >= 0.6 is 0 Å². The number of fused-ring (bicyclic) bond motifs is 1. The number of aldehydes is 1. The van der Waals surface area contributed by atoms with E-state index >= 15 is 0 Å². The summed E-state index contributed by atoms with van der Waals surface area (Å²) in [5, 5.41) is 44.3. The molecule has 0 radical (unpaired) electrons. The van der Waals surface area contributed by atoms with Crippen LogP contribution in [0.4, 0.5) is 17.3 Å². The summed E-state index contributed by atoms with van der Waals surface area (Å²) in [5.74, 6) is -5.20. The van der Waals surface area contributed by atoms with Gasteiger partial charge < -0.3 is 62.2 Å². The Balaban J connectivity index is 0.00000595. The van der Waals surface area contributed by atoms with Gasteiger partial charge in [-0.15, -0.1) is 0 Å². The zero-order valence-corrected chi connectivity index (χ0v) is 38.8. The third-order valence-electron chi connectivity index (χ3n) is 10.8. The number of anilines is 3. The molecule has 1 unspecified atom stereocenters. The zero-order chi connectivity index (χ0) is 47.0. The zero-order valence-electron chi connectivity index (χ0n) is 36.4. The van der Waals surface area contributed by atoms with Crippen molar-refractivity contribution in [3.8, 4) is 0 Å². The van der Waals surface area contributed by atoms with E-state index in [0.29, 0.717) is 37.6 Å². The number of nitrogens with one attached hydrogen (secondary N) is 5. The minimum Gasteiger partial charge on any atom is -0.870 e. The van der Waals surface area contributed by atoms with Crippen molar-refractivity contribution < 1.29 is 49.6 Å². The predicted octanol–water partition coefficient (Wildman–Crippen LogP) is -5.16. The summed E-state index contributed by atoms with van der Waals surface area (Å²) in [5.41, 5.74) is 5.27. The first-order chi connectivity index (χ1) is 31.1. The Labute approximate surface area is 395 Å². The Kier molecular flexibility index (Phi) is 21.7. The van der Waals surface area contributed by atoms with Crippen molar-refractivity contribution in [2.24, 2.45) is 0 Å². The number of nitrogens with zero attached hydrogens (tertiary/aromatic N) is 6. The van der Waals surface area contributed by atoms with Gasteiger partial charge in [0, 0.05) is 88.2 Å². The van der Waals surface area contributed by atoms with Gasteiger partial charge in [-0.3, -0.25) is 43.7 Å². The summed E-state index contributed by atoms with van der Waals surface area (Å²) < 4.78 is 0. The van der Waals surface area contributed by atoms with Crippen molar-refractivity contribution in [2.75, 3.05) is 81.8 Å². The number of amides is 2. The second-order valence-corrected chi connectivity index (χ2v) is 15.3. The molecule has 2 atom stereocenters. The Hall–Kier alpha value is -6.58. The van der Waals surface area contributed by atoms with Gasteiger partial charge in [0.2, 0.25) is 22.7 Å². The van der Waals surface area contributed by atoms with Crippen molar-refractivity contribution in [1.29, 1.82) is 0 Å². The summed E-state index contributed by atoms with van der Waals surface area (Å²) in [6.07, 6.45) is 2.52. The van der Waals surface area contributed by atoms with Crippen LogP contribution in [-0.4, -0.2) is 179 Å². The molecule has 25 nitrogen and oxygen atoms in total. The topological polar surface area (TPSA) is 388 Å². The van der Waals surface area contributed by atoms with Crippen LogP contribution in [0.5, 0.6) is 0 Å². The molecule has 2 aromatic carbocycles. The number of carboxylic acids is 3. The number of aromatic nitrogens is 4. The monoisotopic (exact) mass is 988 g/mol. The molecule has 67 heavy (non-hydrogen) atoms. The Bertz CT molecular complexity index is 2480. The van der Waals surface area contributed by atoms with Gasteiger partial charge in [-0.2, -0.15) is 4.98 Å². The predicted molar refractivity (Wildman–Crippen MR) is 237 cm³/mol. The Morgan fingerprint density at radius 1 is 0.896 bits per heavy atom. The molecule has 0 bridgehead atoms. The summed E-state index contributed by atoms with van der Waals surface area (Å²) in [6, 6.07) is 3.70. The average molecular weight is 990 g/mol. The minimum absolute atomic E-state index is 0. The first-order valence-electron chi connectivity index (χ1n) is 20.9. The molecule has 1 aliphatic rings. The van der Waals surface area contributed by atoms with Crippen LogP contribution in [0, 0.1) is 0 Å².